The van der Waals surface area contributed by atoms with E-state index in [0.717, 1.165) is 12.0 Å². The molecule has 2 aromatic carbocycles. The van der Waals surface area contributed by atoms with E-state index in [1.54, 1.807) is 52.6 Å². The van der Waals surface area contributed by atoms with Crippen molar-refractivity contribution in [3.05, 3.63) is 86.0 Å². The van der Waals surface area contributed by atoms with E-state index in [-0.39, 0.29) is 30.4 Å². The number of carbonyl (C=O) groups excluding carboxylic acids is 2. The van der Waals surface area contributed by atoms with Crippen LogP contribution in [-0.2, 0) is 11.2 Å². The summed E-state index contributed by atoms with van der Waals surface area (Å²) in [5.74, 6) is 0.323. The molecule has 178 valence electrons. The molecule has 0 spiro atoms. The summed E-state index contributed by atoms with van der Waals surface area (Å²) in [5.41, 5.74) is 1.50. The molecule has 5 nitrogen and oxygen atoms in total. The highest BCUT2D eigenvalue weighted by molar-refractivity contribution is 7.10. The van der Waals surface area contributed by atoms with Crippen LogP contribution in [-0.4, -0.2) is 47.4 Å². The van der Waals surface area contributed by atoms with Gasteiger partial charge < -0.3 is 14.5 Å². The molecule has 0 bridgehead atoms. The maximum Gasteiger partial charge on any atom is 0.256 e. The van der Waals surface area contributed by atoms with E-state index >= 15 is 0 Å². The number of halogens is 2. The number of rotatable bonds is 7. The lowest BCUT2D eigenvalue weighted by molar-refractivity contribution is -0.136. The number of hydrogen-bond donors (Lipinski definition) is 0. The molecule has 0 saturated heterocycles. The first kappa shape index (κ1) is 24.6. The molecule has 1 aliphatic heterocycles. The molecular formula is C26H26Cl2N2O3S. The van der Waals surface area contributed by atoms with Crippen LogP contribution in [0, 0.1) is 0 Å². The van der Waals surface area contributed by atoms with Crippen LogP contribution in [0.25, 0.3) is 0 Å². The first-order valence-corrected chi connectivity index (χ1v) is 12.8. The Bertz CT molecular complexity index is 1160. The second-order valence-electron chi connectivity index (χ2n) is 8.42. The van der Waals surface area contributed by atoms with Gasteiger partial charge in [0.15, 0.2) is 0 Å². The molecular weight excluding hydrogens is 491 g/mol. The second kappa shape index (κ2) is 10.8. The number of nitrogens with zero attached hydrogens (tertiary/aromatic N) is 2. The van der Waals surface area contributed by atoms with Crippen molar-refractivity contribution >= 4 is 46.4 Å². The van der Waals surface area contributed by atoms with Gasteiger partial charge in [-0.05, 0) is 73.7 Å². The zero-order valence-corrected chi connectivity index (χ0v) is 21.4. The first-order valence-electron chi connectivity index (χ1n) is 11.1. The number of carbonyl (C=O) groups is 2. The average Bonchev–Trinajstić information content (AvgIpc) is 3.31. The summed E-state index contributed by atoms with van der Waals surface area (Å²) in [6, 6.07) is 15.8. The molecule has 0 aliphatic carbocycles. The highest BCUT2D eigenvalue weighted by Gasteiger charge is 2.34. The molecule has 0 radical (unpaired) electrons. The van der Waals surface area contributed by atoms with Crippen molar-refractivity contribution in [1.29, 1.82) is 0 Å². The lowest BCUT2D eigenvalue weighted by Crippen LogP contribution is -2.49. The number of hydrogen-bond acceptors (Lipinski definition) is 4. The summed E-state index contributed by atoms with van der Waals surface area (Å²) < 4.78 is 6.05. The Morgan fingerprint density at radius 2 is 1.85 bits per heavy atom. The van der Waals surface area contributed by atoms with E-state index in [0.29, 0.717) is 34.5 Å². The van der Waals surface area contributed by atoms with Crippen LogP contribution in [0.5, 0.6) is 5.75 Å². The SMILES string of the molecule is CC(C)N(CC(=O)N1CCc2sccc2[C@@H]1COc1ccc(Cl)cc1)C(=O)c1ccccc1Cl. The maximum absolute atomic E-state index is 13.6. The topological polar surface area (TPSA) is 49.9 Å². The van der Waals surface area contributed by atoms with Gasteiger partial charge in [-0.2, -0.15) is 0 Å². The van der Waals surface area contributed by atoms with Gasteiger partial charge in [-0.1, -0.05) is 35.3 Å². The summed E-state index contributed by atoms with van der Waals surface area (Å²) in [6.07, 6.45) is 0.788. The molecule has 34 heavy (non-hydrogen) atoms. The molecule has 8 heteroatoms. The highest BCUT2D eigenvalue weighted by atomic mass is 35.5. The minimum Gasteiger partial charge on any atom is -0.491 e. The van der Waals surface area contributed by atoms with Crippen LogP contribution < -0.4 is 4.74 Å². The van der Waals surface area contributed by atoms with Gasteiger partial charge in [0.25, 0.3) is 5.91 Å². The number of fused-ring (bicyclic) bond motifs is 1. The summed E-state index contributed by atoms with van der Waals surface area (Å²) in [4.78, 5) is 31.5. The Labute approximate surface area is 213 Å². The molecule has 0 fully saturated rings. The highest BCUT2D eigenvalue weighted by Crippen LogP contribution is 2.34. The Morgan fingerprint density at radius 3 is 2.56 bits per heavy atom. The molecule has 3 aromatic rings. The van der Waals surface area contributed by atoms with Crippen molar-refractivity contribution in [2.75, 3.05) is 19.7 Å². The minimum atomic E-state index is -0.254. The average molecular weight is 517 g/mol. The fourth-order valence-corrected chi connectivity index (χ4v) is 5.37. The van der Waals surface area contributed by atoms with E-state index < -0.39 is 0 Å². The van der Waals surface area contributed by atoms with Gasteiger partial charge in [-0.15, -0.1) is 11.3 Å². The van der Waals surface area contributed by atoms with Crippen molar-refractivity contribution in [3.8, 4) is 5.75 Å². The van der Waals surface area contributed by atoms with Gasteiger partial charge in [0.2, 0.25) is 5.91 Å². The van der Waals surface area contributed by atoms with E-state index in [9.17, 15) is 9.59 Å². The smallest absolute Gasteiger partial charge is 0.256 e. The van der Waals surface area contributed by atoms with E-state index in [4.69, 9.17) is 27.9 Å². The van der Waals surface area contributed by atoms with Crippen molar-refractivity contribution in [3.63, 3.8) is 0 Å². The standard InChI is InChI=1S/C26H26Cl2N2O3S/c1-17(2)30(26(32)20-5-3-4-6-22(20)28)15-25(31)29-13-11-24-21(12-14-34-24)23(29)16-33-19-9-7-18(27)8-10-19/h3-10,12,14,17,23H,11,13,15-16H2,1-2H3/t23-/m0/s1. The van der Waals surface area contributed by atoms with Crippen molar-refractivity contribution < 1.29 is 14.3 Å². The van der Waals surface area contributed by atoms with E-state index in [1.165, 1.54) is 4.88 Å². The summed E-state index contributed by atoms with van der Waals surface area (Å²) in [6.45, 7) is 4.66. The maximum atomic E-state index is 13.6. The minimum absolute atomic E-state index is 0.0291. The van der Waals surface area contributed by atoms with Crippen LogP contribution in [0.1, 0.15) is 40.7 Å². The predicted octanol–water partition coefficient (Wildman–Crippen LogP) is 6.11. The zero-order valence-electron chi connectivity index (χ0n) is 19.0. The number of ether oxygens (including phenoxy) is 1. The van der Waals surface area contributed by atoms with E-state index in [2.05, 4.69) is 11.4 Å². The normalized spacial score (nSPS) is 15.2. The Morgan fingerprint density at radius 1 is 1.12 bits per heavy atom. The van der Waals surface area contributed by atoms with Gasteiger partial charge in [-0.25, -0.2) is 0 Å². The Balaban J connectivity index is 1.54. The molecule has 4 rings (SSSR count). The van der Waals surface area contributed by atoms with Gasteiger partial charge in [0.05, 0.1) is 16.6 Å². The molecule has 1 aromatic heterocycles. The molecule has 0 saturated carbocycles. The van der Waals surface area contributed by atoms with Gasteiger partial charge in [-0.3, -0.25) is 9.59 Å². The summed E-state index contributed by atoms with van der Waals surface area (Å²) in [5, 5.41) is 3.06. The van der Waals surface area contributed by atoms with Crippen LogP contribution in [0.2, 0.25) is 10.0 Å². The second-order valence-corrected chi connectivity index (χ2v) is 10.3. The monoisotopic (exact) mass is 516 g/mol. The quantitative estimate of drug-likeness (QED) is 0.380. The lowest BCUT2D eigenvalue weighted by atomic mass is 10.00. The van der Waals surface area contributed by atoms with Crippen molar-refractivity contribution in [2.45, 2.75) is 32.4 Å². The third kappa shape index (κ3) is 5.40. The number of thiophene rings is 1. The summed E-state index contributed by atoms with van der Waals surface area (Å²) in [7, 11) is 0. The van der Waals surface area contributed by atoms with Crippen LogP contribution in [0.4, 0.5) is 0 Å². The van der Waals surface area contributed by atoms with Gasteiger partial charge in [0, 0.05) is 22.5 Å². The fourth-order valence-electron chi connectivity index (χ4n) is 4.10. The zero-order chi connectivity index (χ0) is 24.2. The molecule has 0 unspecified atom stereocenters. The largest absolute Gasteiger partial charge is 0.491 e. The van der Waals surface area contributed by atoms with Gasteiger partial charge >= 0.3 is 0 Å². The Hall–Kier alpha value is -2.54. The molecule has 0 N–H and O–H groups in total. The predicted molar refractivity (Wildman–Crippen MR) is 137 cm³/mol. The first-order chi connectivity index (χ1) is 16.3. The van der Waals surface area contributed by atoms with Crippen LogP contribution >= 0.6 is 34.5 Å². The van der Waals surface area contributed by atoms with Gasteiger partial charge in [0.1, 0.15) is 18.9 Å². The fraction of sp³-hybridized carbons (Fsp3) is 0.308. The van der Waals surface area contributed by atoms with Crippen LogP contribution in [0.3, 0.4) is 0 Å². The Kier molecular flexibility index (Phi) is 7.81. The van der Waals surface area contributed by atoms with E-state index in [1.807, 2.05) is 30.9 Å². The third-order valence-corrected chi connectivity index (χ3v) is 7.51. The molecule has 2 heterocycles. The summed E-state index contributed by atoms with van der Waals surface area (Å²) >= 11 is 13.9. The molecule has 2 amide bonds. The molecule has 1 atom stereocenters. The van der Waals surface area contributed by atoms with Crippen LogP contribution in [0.15, 0.2) is 60.0 Å². The van der Waals surface area contributed by atoms with Crippen molar-refractivity contribution in [1.82, 2.24) is 9.80 Å². The number of amides is 2. The third-order valence-electron chi connectivity index (χ3n) is 5.93. The lowest BCUT2D eigenvalue weighted by Gasteiger charge is -2.37. The molecule has 1 aliphatic rings. The number of benzene rings is 2. The van der Waals surface area contributed by atoms with Crippen molar-refractivity contribution in [2.24, 2.45) is 0 Å².